The van der Waals surface area contributed by atoms with Crippen LogP contribution >= 0.6 is 0 Å². The molecule has 0 aliphatic heterocycles. The van der Waals surface area contributed by atoms with E-state index in [2.05, 4.69) is 16.3 Å². The van der Waals surface area contributed by atoms with E-state index in [1.807, 2.05) is 42.5 Å². The number of aromatic amines is 1. The van der Waals surface area contributed by atoms with Crippen molar-refractivity contribution in [3.63, 3.8) is 0 Å². The van der Waals surface area contributed by atoms with Crippen LogP contribution in [0.15, 0.2) is 54.6 Å². The molecule has 3 rings (SSSR count). The lowest BCUT2D eigenvalue weighted by atomic mass is 10.1. The molecule has 0 spiro atoms. The Labute approximate surface area is 122 Å². The number of hydrogen-bond donors (Lipinski definition) is 1. The lowest BCUT2D eigenvalue weighted by Gasteiger charge is -2.05. The van der Waals surface area contributed by atoms with Gasteiger partial charge in [0.25, 0.3) is 0 Å². The number of hydrogen-bond acceptors (Lipinski definition) is 3. The molecule has 0 saturated carbocycles. The number of aromatic nitrogens is 2. The van der Waals surface area contributed by atoms with E-state index in [4.69, 9.17) is 10.00 Å². The van der Waals surface area contributed by atoms with Crippen molar-refractivity contribution in [1.29, 1.82) is 5.26 Å². The SMILES string of the molecule is COc1ccccc1-c1cc(-c2ccc(C#N)cc2)n[nH]1. The Morgan fingerprint density at radius 2 is 1.86 bits per heavy atom. The van der Waals surface area contributed by atoms with E-state index in [1.54, 1.807) is 19.2 Å². The largest absolute Gasteiger partial charge is 0.496 e. The first kappa shape index (κ1) is 12.9. The van der Waals surface area contributed by atoms with E-state index < -0.39 is 0 Å². The second-order valence-electron chi connectivity index (χ2n) is 4.56. The Morgan fingerprint density at radius 1 is 1.10 bits per heavy atom. The molecule has 1 heterocycles. The predicted octanol–water partition coefficient (Wildman–Crippen LogP) is 3.62. The minimum Gasteiger partial charge on any atom is -0.496 e. The molecule has 2 aromatic carbocycles. The maximum atomic E-state index is 8.82. The number of para-hydroxylation sites is 1. The fraction of sp³-hybridized carbons (Fsp3) is 0.0588. The lowest BCUT2D eigenvalue weighted by Crippen LogP contribution is -1.87. The molecule has 0 aliphatic carbocycles. The third kappa shape index (κ3) is 2.49. The number of rotatable bonds is 3. The number of methoxy groups -OCH3 is 1. The summed E-state index contributed by atoms with van der Waals surface area (Å²) in [7, 11) is 1.65. The maximum absolute atomic E-state index is 8.82. The normalized spacial score (nSPS) is 10.1. The Kier molecular flexibility index (Phi) is 3.40. The van der Waals surface area contributed by atoms with Gasteiger partial charge in [0.1, 0.15) is 5.75 Å². The Morgan fingerprint density at radius 3 is 2.57 bits per heavy atom. The van der Waals surface area contributed by atoms with E-state index in [1.165, 1.54) is 0 Å². The van der Waals surface area contributed by atoms with E-state index in [-0.39, 0.29) is 0 Å². The van der Waals surface area contributed by atoms with Crippen molar-refractivity contribution in [3.8, 4) is 34.3 Å². The molecule has 4 nitrogen and oxygen atoms in total. The van der Waals surface area contributed by atoms with Crippen LogP contribution in [0.4, 0.5) is 0 Å². The molecule has 0 aliphatic rings. The predicted molar refractivity (Wildman–Crippen MR) is 80.7 cm³/mol. The van der Waals surface area contributed by atoms with Crippen molar-refractivity contribution in [3.05, 3.63) is 60.2 Å². The van der Waals surface area contributed by atoms with E-state index in [0.29, 0.717) is 5.56 Å². The fourth-order valence-corrected chi connectivity index (χ4v) is 2.19. The third-order valence-electron chi connectivity index (χ3n) is 3.28. The summed E-state index contributed by atoms with van der Waals surface area (Å²) in [6.45, 7) is 0. The van der Waals surface area contributed by atoms with Crippen LogP contribution < -0.4 is 4.74 Å². The summed E-state index contributed by atoms with van der Waals surface area (Å²) in [5.74, 6) is 0.799. The molecule has 1 aromatic heterocycles. The summed E-state index contributed by atoms with van der Waals surface area (Å²) in [4.78, 5) is 0. The maximum Gasteiger partial charge on any atom is 0.128 e. The molecule has 0 radical (unpaired) electrons. The van der Waals surface area contributed by atoms with Crippen LogP contribution in [0.5, 0.6) is 5.75 Å². The van der Waals surface area contributed by atoms with Crippen molar-refractivity contribution in [2.45, 2.75) is 0 Å². The first-order valence-electron chi connectivity index (χ1n) is 6.51. The lowest BCUT2D eigenvalue weighted by molar-refractivity contribution is 0.416. The zero-order valence-electron chi connectivity index (χ0n) is 11.5. The molecular formula is C17H13N3O. The van der Waals surface area contributed by atoms with Gasteiger partial charge < -0.3 is 4.74 Å². The quantitative estimate of drug-likeness (QED) is 0.794. The number of benzene rings is 2. The summed E-state index contributed by atoms with van der Waals surface area (Å²) in [5.41, 5.74) is 4.30. The van der Waals surface area contributed by atoms with Crippen LogP contribution in [0.2, 0.25) is 0 Å². The minimum absolute atomic E-state index is 0.638. The van der Waals surface area contributed by atoms with Gasteiger partial charge in [-0.25, -0.2) is 0 Å². The second kappa shape index (κ2) is 5.51. The zero-order chi connectivity index (χ0) is 14.7. The van der Waals surface area contributed by atoms with Gasteiger partial charge in [-0.1, -0.05) is 24.3 Å². The molecule has 0 atom stereocenters. The van der Waals surface area contributed by atoms with Crippen LogP contribution in [0.3, 0.4) is 0 Å². The third-order valence-corrected chi connectivity index (χ3v) is 3.28. The van der Waals surface area contributed by atoms with Crippen molar-refractivity contribution in [1.82, 2.24) is 10.2 Å². The van der Waals surface area contributed by atoms with Gasteiger partial charge in [0.2, 0.25) is 0 Å². The van der Waals surface area contributed by atoms with Gasteiger partial charge in [0.05, 0.1) is 30.1 Å². The first-order valence-corrected chi connectivity index (χ1v) is 6.51. The number of H-pyrrole nitrogens is 1. The number of nitriles is 1. The van der Waals surface area contributed by atoms with Gasteiger partial charge in [-0.05, 0) is 30.3 Å². The molecule has 3 aromatic rings. The number of nitrogens with one attached hydrogen (secondary N) is 1. The highest BCUT2D eigenvalue weighted by Gasteiger charge is 2.09. The summed E-state index contributed by atoms with van der Waals surface area (Å²) in [5, 5.41) is 16.2. The van der Waals surface area contributed by atoms with Crippen molar-refractivity contribution in [2.24, 2.45) is 0 Å². The highest BCUT2D eigenvalue weighted by Crippen LogP contribution is 2.30. The van der Waals surface area contributed by atoms with Gasteiger partial charge in [0, 0.05) is 11.1 Å². The minimum atomic E-state index is 0.638. The van der Waals surface area contributed by atoms with Crippen LogP contribution in [0, 0.1) is 11.3 Å². The standard InChI is InChI=1S/C17H13N3O/c1-21-17-5-3-2-4-14(17)16-10-15(19-20-16)13-8-6-12(11-18)7-9-13/h2-10H,1H3,(H,19,20). The highest BCUT2D eigenvalue weighted by molar-refractivity contribution is 5.72. The Bertz CT molecular complexity index is 797. The summed E-state index contributed by atoms with van der Waals surface area (Å²) in [6.07, 6.45) is 0. The molecule has 0 bridgehead atoms. The molecule has 21 heavy (non-hydrogen) atoms. The molecule has 1 N–H and O–H groups in total. The van der Waals surface area contributed by atoms with Crippen LogP contribution in [-0.2, 0) is 0 Å². The zero-order valence-corrected chi connectivity index (χ0v) is 11.5. The average Bonchev–Trinajstić information content (AvgIpc) is 3.04. The Balaban J connectivity index is 1.98. The monoisotopic (exact) mass is 275 g/mol. The van der Waals surface area contributed by atoms with Gasteiger partial charge in [-0.3, -0.25) is 5.10 Å². The molecule has 0 amide bonds. The average molecular weight is 275 g/mol. The van der Waals surface area contributed by atoms with Gasteiger partial charge in [0.15, 0.2) is 0 Å². The molecule has 0 fully saturated rings. The number of ether oxygens (including phenoxy) is 1. The first-order chi connectivity index (χ1) is 10.3. The Hall–Kier alpha value is -3.06. The molecule has 102 valence electrons. The van der Waals surface area contributed by atoms with E-state index in [0.717, 1.165) is 28.3 Å². The van der Waals surface area contributed by atoms with Crippen molar-refractivity contribution >= 4 is 0 Å². The van der Waals surface area contributed by atoms with Crippen molar-refractivity contribution < 1.29 is 4.74 Å². The summed E-state index contributed by atoms with van der Waals surface area (Å²) < 4.78 is 5.36. The van der Waals surface area contributed by atoms with Crippen molar-refractivity contribution in [2.75, 3.05) is 7.11 Å². The van der Waals surface area contributed by atoms with E-state index >= 15 is 0 Å². The molecule has 0 saturated heterocycles. The van der Waals surface area contributed by atoms with Crippen LogP contribution in [0.1, 0.15) is 5.56 Å². The van der Waals surface area contributed by atoms with E-state index in [9.17, 15) is 0 Å². The summed E-state index contributed by atoms with van der Waals surface area (Å²) in [6, 6.07) is 19.2. The fourth-order valence-electron chi connectivity index (χ4n) is 2.19. The topological polar surface area (TPSA) is 61.7 Å². The van der Waals surface area contributed by atoms with Crippen LogP contribution in [0.25, 0.3) is 22.5 Å². The second-order valence-corrected chi connectivity index (χ2v) is 4.56. The highest BCUT2D eigenvalue weighted by atomic mass is 16.5. The van der Waals surface area contributed by atoms with Gasteiger partial charge in [-0.2, -0.15) is 10.4 Å². The molecule has 4 heteroatoms. The smallest absolute Gasteiger partial charge is 0.128 e. The molecule has 0 unspecified atom stereocenters. The number of nitrogens with zero attached hydrogens (tertiary/aromatic N) is 2. The molecular weight excluding hydrogens is 262 g/mol. The van der Waals surface area contributed by atoms with Gasteiger partial charge >= 0.3 is 0 Å². The summed E-state index contributed by atoms with van der Waals surface area (Å²) >= 11 is 0. The van der Waals surface area contributed by atoms with Crippen LogP contribution in [-0.4, -0.2) is 17.3 Å². The van der Waals surface area contributed by atoms with Gasteiger partial charge in [-0.15, -0.1) is 0 Å².